The number of carboxylic acids is 1. The Bertz CT molecular complexity index is 1210. The zero-order valence-corrected chi connectivity index (χ0v) is 16.2. The Hall–Kier alpha value is -3.52. The van der Waals surface area contributed by atoms with Crippen LogP contribution in [0.25, 0.3) is 11.1 Å². The Morgan fingerprint density at radius 1 is 1.14 bits per heavy atom. The molecule has 7 nitrogen and oxygen atoms in total. The second-order valence-corrected chi connectivity index (χ2v) is 7.23. The molecule has 2 aromatic heterocycles. The van der Waals surface area contributed by atoms with Gasteiger partial charge in [0.15, 0.2) is 11.5 Å². The van der Waals surface area contributed by atoms with Crippen molar-refractivity contribution in [3.05, 3.63) is 77.6 Å². The van der Waals surface area contributed by atoms with Crippen molar-refractivity contribution in [3.63, 3.8) is 0 Å². The molecule has 4 aromatic rings. The molecule has 0 bridgehead atoms. The highest BCUT2D eigenvalue weighted by atomic mass is 32.2. The number of furan rings is 1. The first-order chi connectivity index (χ1) is 14.0. The standard InChI is InChI=1S/C21H16N2O5S/c1-12-22-16-10-13(6-7-17(16)28-12)23-20(24)15-4-2-3-5-19(15)29-11-18-14(21(25)26)8-9-27-18/h2-10H,11H2,1H3,(H,23,24)(H,25,26). The zero-order chi connectivity index (χ0) is 20.4. The number of amides is 1. The highest BCUT2D eigenvalue weighted by Gasteiger charge is 2.16. The topological polar surface area (TPSA) is 106 Å². The fourth-order valence-corrected chi connectivity index (χ4v) is 3.89. The number of aromatic carboxylic acids is 1. The van der Waals surface area contributed by atoms with Crippen molar-refractivity contribution in [3.8, 4) is 0 Å². The predicted octanol–water partition coefficient (Wildman–Crippen LogP) is 4.97. The van der Waals surface area contributed by atoms with Crippen LogP contribution >= 0.6 is 11.8 Å². The van der Waals surface area contributed by atoms with Gasteiger partial charge < -0.3 is 19.3 Å². The lowest BCUT2D eigenvalue weighted by atomic mass is 10.2. The molecule has 0 unspecified atom stereocenters. The minimum absolute atomic E-state index is 0.121. The molecule has 0 aliphatic heterocycles. The molecule has 2 heterocycles. The summed E-state index contributed by atoms with van der Waals surface area (Å²) in [6, 6.07) is 13.8. The van der Waals surface area contributed by atoms with Crippen molar-refractivity contribution < 1.29 is 23.5 Å². The number of nitrogens with one attached hydrogen (secondary N) is 1. The van der Waals surface area contributed by atoms with E-state index in [0.29, 0.717) is 39.8 Å². The van der Waals surface area contributed by atoms with Crippen molar-refractivity contribution in [1.29, 1.82) is 0 Å². The highest BCUT2D eigenvalue weighted by molar-refractivity contribution is 7.98. The van der Waals surface area contributed by atoms with Crippen LogP contribution in [0.4, 0.5) is 5.69 Å². The molecule has 0 radical (unpaired) electrons. The minimum atomic E-state index is -1.04. The smallest absolute Gasteiger partial charge is 0.339 e. The van der Waals surface area contributed by atoms with Crippen molar-refractivity contribution in [2.75, 3.05) is 5.32 Å². The van der Waals surface area contributed by atoms with E-state index in [1.807, 2.05) is 12.1 Å². The molecule has 4 rings (SSSR count). The van der Waals surface area contributed by atoms with Crippen LogP contribution in [0.3, 0.4) is 0 Å². The summed E-state index contributed by atoms with van der Waals surface area (Å²) in [5, 5.41) is 12.1. The molecule has 0 aliphatic carbocycles. The van der Waals surface area contributed by atoms with Gasteiger partial charge in [-0.25, -0.2) is 9.78 Å². The average molecular weight is 408 g/mol. The van der Waals surface area contributed by atoms with Crippen LogP contribution in [-0.4, -0.2) is 22.0 Å². The van der Waals surface area contributed by atoms with Gasteiger partial charge in [0.1, 0.15) is 16.8 Å². The number of aromatic nitrogens is 1. The van der Waals surface area contributed by atoms with Gasteiger partial charge in [0, 0.05) is 17.5 Å². The van der Waals surface area contributed by atoms with E-state index in [1.165, 1.54) is 24.1 Å². The summed E-state index contributed by atoms with van der Waals surface area (Å²) in [5.41, 5.74) is 2.54. The van der Waals surface area contributed by atoms with Gasteiger partial charge in [-0.1, -0.05) is 12.1 Å². The summed E-state index contributed by atoms with van der Waals surface area (Å²) in [5.74, 6) is -0.110. The summed E-state index contributed by atoms with van der Waals surface area (Å²) in [6.45, 7) is 1.76. The number of benzene rings is 2. The van der Waals surface area contributed by atoms with Crippen LogP contribution in [-0.2, 0) is 5.75 Å². The van der Waals surface area contributed by atoms with Gasteiger partial charge in [0.2, 0.25) is 0 Å². The van der Waals surface area contributed by atoms with Gasteiger partial charge >= 0.3 is 5.97 Å². The lowest BCUT2D eigenvalue weighted by Crippen LogP contribution is -2.13. The Kier molecular flexibility index (Phi) is 5.09. The third kappa shape index (κ3) is 4.02. The molecular formula is C21H16N2O5S. The number of carbonyl (C=O) groups excluding carboxylic acids is 1. The molecule has 0 spiro atoms. The number of hydrogen-bond donors (Lipinski definition) is 2. The first-order valence-electron chi connectivity index (χ1n) is 8.71. The molecule has 0 atom stereocenters. The zero-order valence-electron chi connectivity index (χ0n) is 15.3. The Morgan fingerprint density at radius 3 is 2.79 bits per heavy atom. The summed E-state index contributed by atoms with van der Waals surface area (Å²) in [7, 11) is 0. The fourth-order valence-electron chi connectivity index (χ4n) is 2.89. The van der Waals surface area contributed by atoms with Crippen LogP contribution in [0.15, 0.2) is 68.5 Å². The van der Waals surface area contributed by atoms with E-state index >= 15 is 0 Å². The van der Waals surface area contributed by atoms with E-state index in [2.05, 4.69) is 10.3 Å². The van der Waals surface area contributed by atoms with Crippen LogP contribution in [0.5, 0.6) is 0 Å². The fraction of sp³-hybridized carbons (Fsp3) is 0.0952. The van der Waals surface area contributed by atoms with E-state index in [0.717, 1.165) is 4.90 Å². The van der Waals surface area contributed by atoms with Crippen molar-refractivity contribution in [2.24, 2.45) is 0 Å². The maximum absolute atomic E-state index is 12.8. The number of hydrogen-bond acceptors (Lipinski definition) is 6. The molecule has 1 amide bonds. The van der Waals surface area contributed by atoms with E-state index < -0.39 is 5.97 Å². The van der Waals surface area contributed by atoms with Crippen molar-refractivity contribution in [1.82, 2.24) is 4.98 Å². The molecule has 29 heavy (non-hydrogen) atoms. The number of oxazole rings is 1. The molecule has 2 N–H and O–H groups in total. The van der Waals surface area contributed by atoms with Crippen LogP contribution in [0, 0.1) is 6.92 Å². The third-order valence-electron chi connectivity index (χ3n) is 4.22. The van der Waals surface area contributed by atoms with Gasteiger partial charge in [0.25, 0.3) is 5.91 Å². The van der Waals surface area contributed by atoms with E-state index in [-0.39, 0.29) is 11.5 Å². The quantitative estimate of drug-likeness (QED) is 0.434. The number of nitrogens with zero attached hydrogens (tertiary/aromatic N) is 1. The first kappa shape index (κ1) is 18.8. The Balaban J connectivity index is 1.52. The van der Waals surface area contributed by atoms with Crippen LogP contribution in [0.2, 0.25) is 0 Å². The summed E-state index contributed by atoms with van der Waals surface area (Å²) < 4.78 is 10.7. The van der Waals surface area contributed by atoms with Crippen molar-refractivity contribution in [2.45, 2.75) is 17.6 Å². The van der Waals surface area contributed by atoms with Gasteiger partial charge in [-0.15, -0.1) is 11.8 Å². The molecule has 0 fully saturated rings. The van der Waals surface area contributed by atoms with Crippen LogP contribution in [0.1, 0.15) is 32.4 Å². The van der Waals surface area contributed by atoms with Gasteiger partial charge in [-0.3, -0.25) is 4.79 Å². The van der Waals surface area contributed by atoms with Gasteiger partial charge in [-0.2, -0.15) is 0 Å². The average Bonchev–Trinajstić information content (AvgIpc) is 3.31. The number of fused-ring (bicyclic) bond motifs is 1. The number of carboxylic acid groups (broad SMARTS) is 1. The number of rotatable bonds is 6. The van der Waals surface area contributed by atoms with E-state index in [9.17, 15) is 14.7 Å². The number of anilines is 1. The summed E-state index contributed by atoms with van der Waals surface area (Å²) >= 11 is 1.34. The largest absolute Gasteiger partial charge is 0.478 e. The van der Waals surface area contributed by atoms with Gasteiger partial charge in [0.05, 0.1) is 17.6 Å². The lowest BCUT2D eigenvalue weighted by molar-refractivity contribution is 0.0694. The maximum Gasteiger partial charge on any atom is 0.339 e. The number of thioether (sulfide) groups is 1. The molecule has 146 valence electrons. The van der Waals surface area contributed by atoms with Gasteiger partial charge in [-0.05, 0) is 36.4 Å². The third-order valence-corrected chi connectivity index (χ3v) is 5.29. The SMILES string of the molecule is Cc1nc2cc(NC(=O)c3ccccc3SCc3occc3C(=O)O)ccc2o1. The van der Waals surface area contributed by atoms with E-state index in [1.54, 1.807) is 37.3 Å². The first-order valence-corrected chi connectivity index (χ1v) is 9.70. The summed E-state index contributed by atoms with van der Waals surface area (Å²) in [4.78, 5) is 29.0. The number of carbonyl (C=O) groups is 2. The molecule has 8 heteroatoms. The summed E-state index contributed by atoms with van der Waals surface area (Å²) in [6.07, 6.45) is 1.35. The normalized spacial score (nSPS) is 10.9. The second-order valence-electron chi connectivity index (χ2n) is 6.22. The van der Waals surface area contributed by atoms with Crippen LogP contribution < -0.4 is 5.32 Å². The molecule has 0 saturated heterocycles. The molecule has 2 aromatic carbocycles. The Morgan fingerprint density at radius 2 is 1.97 bits per heavy atom. The minimum Gasteiger partial charge on any atom is -0.478 e. The Labute approximate surface area is 169 Å². The maximum atomic E-state index is 12.8. The monoisotopic (exact) mass is 408 g/mol. The molecule has 0 saturated carbocycles. The molecule has 0 aliphatic rings. The number of aryl methyl sites for hydroxylation is 1. The predicted molar refractivity (Wildman–Crippen MR) is 108 cm³/mol. The second kappa shape index (κ2) is 7.84. The molecular weight excluding hydrogens is 392 g/mol. The van der Waals surface area contributed by atoms with Crippen molar-refractivity contribution >= 4 is 40.4 Å². The van der Waals surface area contributed by atoms with E-state index in [4.69, 9.17) is 8.83 Å². The lowest BCUT2D eigenvalue weighted by Gasteiger charge is -2.10. The highest BCUT2D eigenvalue weighted by Crippen LogP contribution is 2.29.